The van der Waals surface area contributed by atoms with Gasteiger partial charge in [0.15, 0.2) is 5.82 Å². The van der Waals surface area contributed by atoms with Crippen LogP contribution in [0.15, 0.2) is 65.2 Å². The number of aryl methyl sites for hydroxylation is 2. The SMILES string of the molecule is Cc1noc(C)c1-c1ccc2c3ccc(C(C)(C)O)c(F)c3n(C(CCC(F)(F)F)c3ccccc3)c2c1. The monoisotopic (exact) mass is 524 g/mol. The summed E-state index contributed by atoms with van der Waals surface area (Å²) in [6.45, 7) is 6.58. The smallest absolute Gasteiger partial charge is 0.386 e. The first-order chi connectivity index (χ1) is 17.9. The van der Waals surface area contributed by atoms with E-state index < -0.39 is 30.1 Å². The normalized spacial score (nSPS) is 13.5. The molecule has 0 aliphatic rings. The van der Waals surface area contributed by atoms with Gasteiger partial charge in [0.25, 0.3) is 0 Å². The fourth-order valence-corrected chi connectivity index (χ4v) is 5.36. The minimum Gasteiger partial charge on any atom is -0.386 e. The van der Waals surface area contributed by atoms with Gasteiger partial charge in [-0.15, -0.1) is 0 Å². The number of rotatable bonds is 6. The number of aliphatic hydroxyl groups is 1. The average molecular weight is 525 g/mol. The summed E-state index contributed by atoms with van der Waals surface area (Å²) in [4.78, 5) is 0. The molecule has 0 aliphatic heterocycles. The van der Waals surface area contributed by atoms with Crippen molar-refractivity contribution < 1.29 is 27.2 Å². The van der Waals surface area contributed by atoms with Crippen molar-refractivity contribution in [1.82, 2.24) is 9.72 Å². The van der Waals surface area contributed by atoms with E-state index in [4.69, 9.17) is 4.52 Å². The fourth-order valence-electron chi connectivity index (χ4n) is 5.36. The van der Waals surface area contributed by atoms with Gasteiger partial charge in [-0.3, -0.25) is 0 Å². The van der Waals surface area contributed by atoms with E-state index in [1.807, 2.05) is 25.1 Å². The van der Waals surface area contributed by atoms with E-state index in [2.05, 4.69) is 5.16 Å². The van der Waals surface area contributed by atoms with E-state index in [1.54, 1.807) is 47.9 Å². The molecule has 0 saturated carbocycles. The van der Waals surface area contributed by atoms with Gasteiger partial charge < -0.3 is 14.2 Å². The van der Waals surface area contributed by atoms with Crippen molar-refractivity contribution in [3.63, 3.8) is 0 Å². The number of benzene rings is 3. The van der Waals surface area contributed by atoms with Gasteiger partial charge in [0.1, 0.15) is 5.76 Å². The van der Waals surface area contributed by atoms with Crippen LogP contribution in [0.1, 0.15) is 55.3 Å². The van der Waals surface area contributed by atoms with Crippen molar-refractivity contribution in [2.75, 3.05) is 0 Å². The summed E-state index contributed by atoms with van der Waals surface area (Å²) in [5.74, 6) is -0.0466. The molecular weight excluding hydrogens is 496 g/mol. The molecule has 198 valence electrons. The predicted molar refractivity (Wildman–Crippen MR) is 139 cm³/mol. The van der Waals surface area contributed by atoms with Crippen molar-refractivity contribution >= 4 is 21.8 Å². The maximum Gasteiger partial charge on any atom is 0.389 e. The third kappa shape index (κ3) is 4.58. The van der Waals surface area contributed by atoms with Crippen molar-refractivity contribution in [3.05, 3.63) is 89.1 Å². The van der Waals surface area contributed by atoms with Gasteiger partial charge in [-0.1, -0.05) is 59.8 Å². The fraction of sp³-hybridized carbons (Fsp3) is 0.300. The van der Waals surface area contributed by atoms with Gasteiger partial charge in [0, 0.05) is 28.3 Å². The first-order valence-corrected chi connectivity index (χ1v) is 12.4. The summed E-state index contributed by atoms with van der Waals surface area (Å²) in [6, 6.07) is 16.9. The lowest BCUT2D eigenvalue weighted by molar-refractivity contribution is -0.136. The molecule has 0 radical (unpaired) electrons. The number of fused-ring (bicyclic) bond motifs is 3. The van der Waals surface area contributed by atoms with Gasteiger partial charge in [-0.25, -0.2) is 4.39 Å². The maximum absolute atomic E-state index is 16.3. The summed E-state index contributed by atoms with van der Waals surface area (Å²) in [7, 11) is 0. The average Bonchev–Trinajstić information content (AvgIpc) is 3.35. The minimum atomic E-state index is -4.38. The molecule has 5 rings (SSSR count). The zero-order chi connectivity index (χ0) is 27.4. The summed E-state index contributed by atoms with van der Waals surface area (Å²) in [5.41, 5.74) is 2.18. The first kappa shape index (κ1) is 26.0. The number of halogens is 4. The van der Waals surface area contributed by atoms with Crippen LogP contribution in [0.2, 0.25) is 0 Å². The van der Waals surface area contributed by atoms with Gasteiger partial charge in [-0.2, -0.15) is 13.2 Å². The van der Waals surface area contributed by atoms with E-state index in [-0.39, 0.29) is 17.5 Å². The Balaban J connectivity index is 1.89. The molecule has 1 atom stereocenters. The molecule has 0 aliphatic carbocycles. The zero-order valence-electron chi connectivity index (χ0n) is 21.5. The van der Waals surface area contributed by atoms with Crippen molar-refractivity contribution in [2.24, 2.45) is 0 Å². The second kappa shape index (κ2) is 9.27. The van der Waals surface area contributed by atoms with Gasteiger partial charge >= 0.3 is 6.18 Å². The molecule has 3 aromatic carbocycles. The van der Waals surface area contributed by atoms with E-state index >= 15 is 4.39 Å². The van der Waals surface area contributed by atoms with E-state index in [0.29, 0.717) is 33.3 Å². The molecule has 2 heterocycles. The van der Waals surface area contributed by atoms with Crippen LogP contribution in [0.4, 0.5) is 17.6 Å². The maximum atomic E-state index is 16.3. The van der Waals surface area contributed by atoms with E-state index in [0.717, 1.165) is 11.1 Å². The summed E-state index contributed by atoms with van der Waals surface area (Å²) < 4.78 is 63.8. The highest BCUT2D eigenvalue weighted by molar-refractivity contribution is 6.09. The van der Waals surface area contributed by atoms with Crippen molar-refractivity contribution in [3.8, 4) is 11.1 Å². The van der Waals surface area contributed by atoms with Crippen molar-refractivity contribution in [2.45, 2.75) is 58.4 Å². The number of hydrogen-bond acceptors (Lipinski definition) is 3. The van der Waals surface area contributed by atoms with Gasteiger partial charge in [0.2, 0.25) is 0 Å². The summed E-state index contributed by atoms with van der Waals surface area (Å²) >= 11 is 0. The number of aromatic nitrogens is 2. The van der Waals surface area contributed by atoms with Crippen molar-refractivity contribution in [1.29, 1.82) is 0 Å². The third-order valence-electron chi connectivity index (χ3n) is 7.08. The highest BCUT2D eigenvalue weighted by Gasteiger charge is 2.32. The number of hydrogen-bond donors (Lipinski definition) is 1. The Kier molecular flexibility index (Phi) is 6.34. The Morgan fingerprint density at radius 2 is 1.66 bits per heavy atom. The molecule has 4 nitrogen and oxygen atoms in total. The van der Waals surface area contributed by atoms with Gasteiger partial charge in [0.05, 0.1) is 28.4 Å². The van der Waals surface area contributed by atoms with Crippen LogP contribution in [0, 0.1) is 19.7 Å². The topological polar surface area (TPSA) is 51.2 Å². The predicted octanol–water partition coefficient (Wildman–Crippen LogP) is 8.36. The van der Waals surface area contributed by atoms with E-state index in [1.165, 1.54) is 19.9 Å². The standard InChI is InChI=1S/C30H28F4N2O2/c1-17-26(18(2)38-35-17)20-10-11-21-22-12-13-23(29(3,4)37)27(31)28(22)36(25(21)16-20)24(14-15-30(32,33)34)19-8-6-5-7-9-19/h5-13,16,24,37H,14-15H2,1-4H3. The molecule has 38 heavy (non-hydrogen) atoms. The molecule has 0 saturated heterocycles. The van der Waals surface area contributed by atoms with Gasteiger partial charge in [-0.05, 0) is 51.3 Å². The molecule has 2 aromatic heterocycles. The Bertz CT molecular complexity index is 1610. The lowest BCUT2D eigenvalue weighted by Crippen LogP contribution is -2.19. The molecule has 0 spiro atoms. The Labute approximate surface area is 217 Å². The molecule has 8 heteroatoms. The lowest BCUT2D eigenvalue weighted by Gasteiger charge is -2.25. The van der Waals surface area contributed by atoms with Crippen LogP contribution in [0.5, 0.6) is 0 Å². The lowest BCUT2D eigenvalue weighted by atomic mass is 9.95. The first-order valence-electron chi connectivity index (χ1n) is 12.4. The number of nitrogens with zero attached hydrogens (tertiary/aromatic N) is 2. The highest BCUT2D eigenvalue weighted by Crippen LogP contribution is 2.42. The van der Waals surface area contributed by atoms with Crippen LogP contribution >= 0.6 is 0 Å². The summed E-state index contributed by atoms with van der Waals surface area (Å²) in [5, 5.41) is 16.0. The molecule has 5 aromatic rings. The quantitative estimate of drug-likeness (QED) is 0.227. The molecular formula is C30H28F4N2O2. The molecule has 0 fully saturated rings. The number of alkyl halides is 3. The van der Waals surface area contributed by atoms with Crippen LogP contribution in [0.3, 0.4) is 0 Å². The largest absolute Gasteiger partial charge is 0.389 e. The van der Waals surface area contributed by atoms with Crippen LogP contribution in [0.25, 0.3) is 32.9 Å². The Morgan fingerprint density at radius 1 is 0.974 bits per heavy atom. The zero-order valence-corrected chi connectivity index (χ0v) is 21.5. The molecule has 1 N–H and O–H groups in total. The van der Waals surface area contributed by atoms with Crippen LogP contribution < -0.4 is 0 Å². The second-order valence-corrected chi connectivity index (χ2v) is 10.3. The highest BCUT2D eigenvalue weighted by atomic mass is 19.4. The van der Waals surface area contributed by atoms with Crippen LogP contribution in [-0.2, 0) is 5.60 Å². The van der Waals surface area contributed by atoms with E-state index in [9.17, 15) is 18.3 Å². The molecule has 0 amide bonds. The Hall–Kier alpha value is -3.65. The summed E-state index contributed by atoms with van der Waals surface area (Å²) in [6.07, 6.45) is -5.71. The molecule has 0 bridgehead atoms. The second-order valence-electron chi connectivity index (χ2n) is 10.3. The molecule has 1 unspecified atom stereocenters. The minimum absolute atomic E-state index is 0.0719. The third-order valence-corrected chi connectivity index (χ3v) is 7.08. The van der Waals surface area contributed by atoms with Crippen LogP contribution in [-0.4, -0.2) is 21.0 Å². The Morgan fingerprint density at radius 3 is 2.26 bits per heavy atom.